The molecule has 0 aliphatic carbocycles. The lowest BCUT2D eigenvalue weighted by molar-refractivity contribution is 0.0177. The Bertz CT molecular complexity index is 697. The number of hydrogen-bond donors (Lipinski definition) is 3. The largest absolute Gasteiger partial charge is 0.508 e. The molecule has 1 aliphatic heterocycles. The van der Waals surface area contributed by atoms with Crippen molar-refractivity contribution in [3.8, 4) is 5.75 Å². The van der Waals surface area contributed by atoms with Gasteiger partial charge >= 0.3 is 0 Å². The van der Waals surface area contributed by atoms with E-state index in [1.54, 1.807) is 23.5 Å². The van der Waals surface area contributed by atoms with Crippen LogP contribution in [0.3, 0.4) is 0 Å². The number of aliphatic imine (C=N–C) groups is 1. The molecule has 6 nitrogen and oxygen atoms in total. The van der Waals surface area contributed by atoms with Gasteiger partial charge in [-0.25, -0.2) is 4.99 Å². The van der Waals surface area contributed by atoms with Gasteiger partial charge < -0.3 is 20.5 Å². The van der Waals surface area contributed by atoms with E-state index < -0.39 is 0 Å². The number of thiophene rings is 1. The molecule has 7 heteroatoms. The van der Waals surface area contributed by atoms with Crippen LogP contribution in [-0.4, -0.2) is 55.4 Å². The number of aromatic hydroxyl groups is 1. The van der Waals surface area contributed by atoms with Crippen molar-refractivity contribution in [3.63, 3.8) is 0 Å². The lowest BCUT2D eigenvalue weighted by Gasteiger charge is -2.34. The Labute approximate surface area is 164 Å². The van der Waals surface area contributed by atoms with E-state index in [-0.39, 0.29) is 5.75 Å². The van der Waals surface area contributed by atoms with Crippen molar-refractivity contribution >= 4 is 17.3 Å². The van der Waals surface area contributed by atoms with E-state index in [2.05, 4.69) is 45.0 Å². The monoisotopic (exact) mass is 388 g/mol. The summed E-state index contributed by atoms with van der Waals surface area (Å²) in [6.07, 6.45) is 0. The maximum absolute atomic E-state index is 9.40. The molecule has 1 saturated heterocycles. The second-order valence-corrected chi connectivity index (χ2v) is 7.40. The number of nitrogens with zero attached hydrogens (tertiary/aromatic N) is 2. The Kier molecular flexibility index (Phi) is 7.50. The van der Waals surface area contributed by atoms with Gasteiger partial charge in [0.15, 0.2) is 5.96 Å². The molecule has 1 aliphatic rings. The van der Waals surface area contributed by atoms with E-state index in [0.717, 1.165) is 50.9 Å². The Morgan fingerprint density at radius 1 is 1.22 bits per heavy atom. The van der Waals surface area contributed by atoms with Crippen molar-refractivity contribution in [1.29, 1.82) is 0 Å². The van der Waals surface area contributed by atoms with E-state index in [1.807, 2.05) is 12.1 Å². The predicted octanol–water partition coefficient (Wildman–Crippen LogP) is 2.58. The fraction of sp³-hybridized carbons (Fsp3) is 0.450. The van der Waals surface area contributed by atoms with E-state index >= 15 is 0 Å². The van der Waals surface area contributed by atoms with Crippen LogP contribution in [-0.2, 0) is 11.3 Å². The molecule has 27 heavy (non-hydrogen) atoms. The fourth-order valence-corrected chi connectivity index (χ4v) is 3.95. The standard InChI is InChI=1S/C20H28N4O2S/c1-2-21-20(22-14-16-5-7-17(25)8-6-16)23-15-18(19-4-3-13-27-19)24-9-11-26-12-10-24/h3-8,13,18,25H,2,9-12,14-15H2,1H3,(H2,21,22,23). The number of phenolic OH excluding ortho intramolecular Hbond substituents is 1. The molecule has 1 aromatic heterocycles. The van der Waals surface area contributed by atoms with Gasteiger partial charge in [-0.1, -0.05) is 18.2 Å². The Morgan fingerprint density at radius 2 is 2.00 bits per heavy atom. The zero-order valence-electron chi connectivity index (χ0n) is 15.7. The highest BCUT2D eigenvalue weighted by molar-refractivity contribution is 7.10. The van der Waals surface area contributed by atoms with Gasteiger partial charge in [-0.05, 0) is 36.1 Å². The number of morpholine rings is 1. The molecule has 2 heterocycles. The molecule has 0 spiro atoms. The number of benzene rings is 1. The first-order chi connectivity index (χ1) is 13.3. The summed E-state index contributed by atoms with van der Waals surface area (Å²) in [5, 5.41) is 18.4. The molecule has 0 bridgehead atoms. The highest BCUT2D eigenvalue weighted by Crippen LogP contribution is 2.25. The topological polar surface area (TPSA) is 69.1 Å². The van der Waals surface area contributed by atoms with E-state index in [9.17, 15) is 5.11 Å². The van der Waals surface area contributed by atoms with Crippen LogP contribution in [0.15, 0.2) is 46.8 Å². The number of ether oxygens (including phenoxy) is 1. The molecule has 1 unspecified atom stereocenters. The lowest BCUT2D eigenvalue weighted by Crippen LogP contribution is -2.46. The summed E-state index contributed by atoms with van der Waals surface area (Å²) in [5.41, 5.74) is 1.06. The van der Waals surface area contributed by atoms with Crippen molar-refractivity contribution in [2.24, 2.45) is 4.99 Å². The highest BCUT2D eigenvalue weighted by atomic mass is 32.1. The van der Waals surface area contributed by atoms with Gasteiger partial charge in [-0.2, -0.15) is 0 Å². The number of hydrogen-bond acceptors (Lipinski definition) is 5. The second-order valence-electron chi connectivity index (χ2n) is 6.42. The minimum Gasteiger partial charge on any atom is -0.508 e. The van der Waals surface area contributed by atoms with Crippen LogP contribution in [0.1, 0.15) is 23.4 Å². The molecule has 3 N–H and O–H groups in total. The van der Waals surface area contributed by atoms with Gasteiger partial charge in [0.2, 0.25) is 0 Å². The smallest absolute Gasteiger partial charge is 0.191 e. The van der Waals surface area contributed by atoms with Gasteiger partial charge in [0, 0.05) is 31.1 Å². The first-order valence-electron chi connectivity index (χ1n) is 9.41. The SMILES string of the molecule is CCNC(=NCc1ccc(O)cc1)NCC(c1cccs1)N1CCOCC1. The molecule has 1 aromatic carbocycles. The van der Waals surface area contributed by atoms with E-state index in [1.165, 1.54) is 4.88 Å². The Hall–Kier alpha value is -2.09. The highest BCUT2D eigenvalue weighted by Gasteiger charge is 2.23. The molecule has 146 valence electrons. The van der Waals surface area contributed by atoms with Gasteiger partial charge in [0.05, 0.1) is 25.8 Å². The molecular weight excluding hydrogens is 360 g/mol. The van der Waals surface area contributed by atoms with Crippen LogP contribution >= 0.6 is 11.3 Å². The summed E-state index contributed by atoms with van der Waals surface area (Å²) in [6.45, 7) is 7.71. The lowest BCUT2D eigenvalue weighted by atomic mass is 10.2. The quantitative estimate of drug-likeness (QED) is 0.502. The molecule has 0 radical (unpaired) electrons. The van der Waals surface area contributed by atoms with Gasteiger partial charge in [0.25, 0.3) is 0 Å². The van der Waals surface area contributed by atoms with Crippen LogP contribution in [0.4, 0.5) is 0 Å². The Morgan fingerprint density at radius 3 is 2.67 bits per heavy atom. The zero-order chi connectivity index (χ0) is 18.9. The molecule has 1 fully saturated rings. The predicted molar refractivity (Wildman–Crippen MR) is 110 cm³/mol. The van der Waals surface area contributed by atoms with Crippen molar-refractivity contribution in [3.05, 3.63) is 52.2 Å². The van der Waals surface area contributed by atoms with Crippen LogP contribution in [0.2, 0.25) is 0 Å². The summed E-state index contributed by atoms with van der Waals surface area (Å²) < 4.78 is 5.51. The molecule has 1 atom stereocenters. The third-order valence-electron chi connectivity index (χ3n) is 4.52. The third kappa shape index (κ3) is 5.95. The summed E-state index contributed by atoms with van der Waals surface area (Å²) in [4.78, 5) is 8.52. The van der Waals surface area contributed by atoms with Crippen molar-refractivity contribution in [2.75, 3.05) is 39.4 Å². The summed E-state index contributed by atoms with van der Waals surface area (Å²) >= 11 is 1.79. The van der Waals surface area contributed by atoms with E-state index in [4.69, 9.17) is 4.74 Å². The fourth-order valence-electron chi connectivity index (χ4n) is 3.09. The number of guanidine groups is 1. The maximum atomic E-state index is 9.40. The van der Waals surface area contributed by atoms with Crippen molar-refractivity contribution in [1.82, 2.24) is 15.5 Å². The first kappa shape index (κ1) is 19.7. The van der Waals surface area contributed by atoms with Crippen molar-refractivity contribution < 1.29 is 9.84 Å². The molecule has 0 saturated carbocycles. The van der Waals surface area contributed by atoms with Crippen LogP contribution < -0.4 is 10.6 Å². The molecule has 0 amide bonds. The second kappa shape index (κ2) is 10.3. The van der Waals surface area contributed by atoms with Crippen LogP contribution in [0.25, 0.3) is 0 Å². The summed E-state index contributed by atoms with van der Waals surface area (Å²) in [7, 11) is 0. The number of nitrogens with one attached hydrogen (secondary N) is 2. The third-order valence-corrected chi connectivity index (χ3v) is 5.49. The number of rotatable bonds is 7. The molecule has 2 aromatic rings. The average Bonchev–Trinajstić information content (AvgIpc) is 3.23. The van der Waals surface area contributed by atoms with Crippen LogP contribution in [0.5, 0.6) is 5.75 Å². The minimum atomic E-state index is 0.275. The van der Waals surface area contributed by atoms with Gasteiger partial charge in [-0.3, -0.25) is 4.90 Å². The van der Waals surface area contributed by atoms with Crippen LogP contribution in [0, 0.1) is 0 Å². The zero-order valence-corrected chi connectivity index (χ0v) is 16.5. The minimum absolute atomic E-state index is 0.275. The first-order valence-corrected chi connectivity index (χ1v) is 10.3. The average molecular weight is 389 g/mol. The Balaban J connectivity index is 1.64. The number of phenols is 1. The summed E-state index contributed by atoms with van der Waals surface area (Å²) in [5.74, 6) is 1.08. The maximum Gasteiger partial charge on any atom is 0.191 e. The normalized spacial score (nSPS) is 16.9. The van der Waals surface area contributed by atoms with E-state index in [0.29, 0.717) is 12.6 Å². The molecular formula is C20H28N4O2S. The van der Waals surface area contributed by atoms with Gasteiger partial charge in [0.1, 0.15) is 5.75 Å². The van der Waals surface area contributed by atoms with Gasteiger partial charge in [-0.15, -0.1) is 11.3 Å². The van der Waals surface area contributed by atoms with Crippen molar-refractivity contribution in [2.45, 2.75) is 19.5 Å². The summed E-state index contributed by atoms with van der Waals surface area (Å²) in [6, 6.07) is 11.8. The molecule has 3 rings (SSSR count).